The summed E-state index contributed by atoms with van der Waals surface area (Å²) in [5.74, 6) is 1.09. The smallest absolute Gasteiger partial charge is 0.242 e. The van der Waals surface area contributed by atoms with Crippen LogP contribution in [0.25, 0.3) is 0 Å². The second-order valence-electron chi connectivity index (χ2n) is 6.05. The average molecular weight is 330 g/mol. The molecule has 122 valence electrons. The van der Waals surface area contributed by atoms with Crippen molar-refractivity contribution < 1.29 is 4.79 Å². The number of amides is 1. The number of thioether (sulfide) groups is 1. The minimum atomic E-state index is -0.293. The number of fused-ring (bicyclic) bond motifs is 1. The molecule has 6 heteroatoms. The van der Waals surface area contributed by atoms with Crippen LogP contribution in [0, 0.1) is 6.92 Å². The van der Waals surface area contributed by atoms with Crippen LogP contribution >= 0.6 is 11.8 Å². The van der Waals surface area contributed by atoms with E-state index in [0.29, 0.717) is 6.54 Å². The highest BCUT2D eigenvalue weighted by Gasteiger charge is 2.23. The first-order valence-electron chi connectivity index (χ1n) is 7.74. The van der Waals surface area contributed by atoms with Gasteiger partial charge in [-0.2, -0.15) is 0 Å². The Kier molecular flexibility index (Phi) is 4.73. The standard InChI is InChI=1S/C17H22N4OS/c1-12-5-4-6-13(9-12)15(20(2)3)16(22)18-10-14-11-21-7-8-23-17(21)19-14/h4-6,9,11,15H,7-8,10H2,1-3H3,(H,18,22)/t15-/m1/s1. The number of aromatic nitrogens is 2. The van der Waals surface area contributed by atoms with Crippen LogP contribution in [0.2, 0.25) is 0 Å². The van der Waals surface area contributed by atoms with Crippen molar-refractivity contribution in [1.82, 2.24) is 19.8 Å². The monoisotopic (exact) mass is 330 g/mol. The molecule has 23 heavy (non-hydrogen) atoms. The Hall–Kier alpha value is -1.79. The average Bonchev–Trinajstić information content (AvgIpc) is 3.06. The lowest BCUT2D eigenvalue weighted by Crippen LogP contribution is -2.36. The van der Waals surface area contributed by atoms with Crippen molar-refractivity contribution in [2.24, 2.45) is 0 Å². The van der Waals surface area contributed by atoms with Gasteiger partial charge >= 0.3 is 0 Å². The first-order valence-corrected chi connectivity index (χ1v) is 8.72. The lowest BCUT2D eigenvalue weighted by Gasteiger charge is -2.24. The maximum absolute atomic E-state index is 12.7. The van der Waals surface area contributed by atoms with Gasteiger partial charge in [0, 0.05) is 18.5 Å². The summed E-state index contributed by atoms with van der Waals surface area (Å²) < 4.78 is 2.15. The molecule has 2 aromatic rings. The third kappa shape index (κ3) is 3.59. The van der Waals surface area contributed by atoms with Crippen LogP contribution in [0.4, 0.5) is 0 Å². The topological polar surface area (TPSA) is 50.2 Å². The predicted octanol–water partition coefficient (Wildman–Crippen LogP) is 2.22. The van der Waals surface area contributed by atoms with Gasteiger partial charge < -0.3 is 9.88 Å². The summed E-state index contributed by atoms with van der Waals surface area (Å²) in [6.07, 6.45) is 2.03. The summed E-state index contributed by atoms with van der Waals surface area (Å²) in [4.78, 5) is 19.1. The molecule has 0 saturated heterocycles. The summed E-state index contributed by atoms with van der Waals surface area (Å²) >= 11 is 1.76. The van der Waals surface area contributed by atoms with E-state index in [-0.39, 0.29) is 11.9 Å². The van der Waals surface area contributed by atoms with E-state index >= 15 is 0 Å². The van der Waals surface area contributed by atoms with Crippen molar-refractivity contribution >= 4 is 17.7 Å². The fourth-order valence-corrected chi connectivity index (χ4v) is 3.81. The number of hydrogen-bond acceptors (Lipinski definition) is 4. The molecule has 0 spiro atoms. The van der Waals surface area contributed by atoms with Gasteiger partial charge in [0.05, 0.1) is 12.2 Å². The van der Waals surface area contributed by atoms with Crippen LogP contribution in [0.5, 0.6) is 0 Å². The van der Waals surface area contributed by atoms with Crippen molar-refractivity contribution in [1.29, 1.82) is 0 Å². The zero-order chi connectivity index (χ0) is 16.4. The van der Waals surface area contributed by atoms with E-state index < -0.39 is 0 Å². The lowest BCUT2D eigenvalue weighted by atomic mass is 10.0. The summed E-state index contributed by atoms with van der Waals surface area (Å²) in [6.45, 7) is 3.51. The molecule has 1 aliphatic rings. The third-order valence-corrected chi connectivity index (χ3v) is 4.89. The summed E-state index contributed by atoms with van der Waals surface area (Å²) in [7, 11) is 3.85. The molecule has 0 aliphatic carbocycles. The van der Waals surface area contributed by atoms with Gasteiger partial charge in [-0.05, 0) is 26.6 Å². The first-order chi connectivity index (χ1) is 11.0. The van der Waals surface area contributed by atoms with Gasteiger partial charge in [-0.1, -0.05) is 41.6 Å². The second-order valence-corrected chi connectivity index (χ2v) is 7.12. The van der Waals surface area contributed by atoms with Crippen LogP contribution in [-0.2, 0) is 17.9 Å². The van der Waals surface area contributed by atoms with E-state index in [1.54, 1.807) is 11.8 Å². The van der Waals surface area contributed by atoms with Crippen molar-refractivity contribution in [2.75, 3.05) is 19.8 Å². The van der Waals surface area contributed by atoms with E-state index in [1.165, 1.54) is 0 Å². The third-order valence-electron chi connectivity index (χ3n) is 3.92. The molecule has 3 rings (SSSR count). The normalized spacial score (nSPS) is 14.8. The number of carbonyl (C=O) groups is 1. The number of nitrogens with zero attached hydrogens (tertiary/aromatic N) is 3. The molecule has 1 aliphatic heterocycles. The molecule has 1 aromatic carbocycles. The molecular formula is C17H22N4OS. The van der Waals surface area contributed by atoms with Crippen molar-refractivity contribution in [3.05, 3.63) is 47.3 Å². The Bertz CT molecular complexity index is 689. The Balaban J connectivity index is 1.69. The van der Waals surface area contributed by atoms with Gasteiger partial charge in [0.25, 0.3) is 0 Å². The van der Waals surface area contributed by atoms with Crippen LogP contribution in [0.3, 0.4) is 0 Å². The van der Waals surface area contributed by atoms with E-state index in [1.807, 2.05) is 50.3 Å². The SMILES string of the molecule is Cc1cccc([C@H](C(=O)NCc2cn3c(n2)SCC3)N(C)C)c1. The van der Waals surface area contributed by atoms with Gasteiger partial charge in [-0.25, -0.2) is 4.98 Å². The first kappa shape index (κ1) is 16.1. The molecule has 5 nitrogen and oxygen atoms in total. The van der Waals surface area contributed by atoms with E-state index in [2.05, 4.69) is 20.9 Å². The van der Waals surface area contributed by atoms with Gasteiger partial charge in [-0.15, -0.1) is 0 Å². The Labute approximate surface area is 141 Å². The molecule has 0 saturated carbocycles. The maximum atomic E-state index is 12.7. The maximum Gasteiger partial charge on any atom is 0.242 e. The second kappa shape index (κ2) is 6.76. The van der Waals surface area contributed by atoms with E-state index in [9.17, 15) is 4.79 Å². The molecule has 2 heterocycles. The number of nitrogens with one attached hydrogen (secondary N) is 1. The number of imidazole rings is 1. The van der Waals surface area contributed by atoms with Gasteiger partial charge in [-0.3, -0.25) is 9.69 Å². The number of hydrogen-bond donors (Lipinski definition) is 1. The largest absolute Gasteiger partial charge is 0.349 e. The molecule has 1 aromatic heterocycles. The van der Waals surface area contributed by atoms with Crippen molar-refractivity contribution in [3.63, 3.8) is 0 Å². The van der Waals surface area contributed by atoms with Crippen LogP contribution < -0.4 is 5.32 Å². The highest BCUT2D eigenvalue weighted by molar-refractivity contribution is 7.99. The fourth-order valence-electron chi connectivity index (χ4n) is 2.85. The molecule has 1 N–H and O–H groups in total. The summed E-state index contributed by atoms with van der Waals surface area (Å²) in [5, 5.41) is 4.07. The summed E-state index contributed by atoms with van der Waals surface area (Å²) in [6, 6.07) is 7.80. The highest BCUT2D eigenvalue weighted by Crippen LogP contribution is 2.24. The molecule has 0 radical (unpaired) electrons. The Morgan fingerprint density at radius 1 is 1.48 bits per heavy atom. The summed E-state index contributed by atoms with van der Waals surface area (Å²) in [5.41, 5.74) is 3.09. The minimum Gasteiger partial charge on any atom is -0.349 e. The molecular weight excluding hydrogens is 308 g/mol. The quantitative estimate of drug-likeness (QED) is 0.913. The van der Waals surface area contributed by atoms with Crippen LogP contribution in [0.1, 0.15) is 22.9 Å². The number of aryl methyl sites for hydroxylation is 2. The molecule has 0 bridgehead atoms. The highest BCUT2D eigenvalue weighted by atomic mass is 32.2. The van der Waals surface area contributed by atoms with Crippen molar-refractivity contribution in [2.45, 2.75) is 31.2 Å². The number of rotatable bonds is 5. The molecule has 0 unspecified atom stereocenters. The fraction of sp³-hybridized carbons (Fsp3) is 0.412. The van der Waals surface area contributed by atoms with Crippen molar-refractivity contribution in [3.8, 4) is 0 Å². The number of carbonyl (C=O) groups excluding carboxylic acids is 1. The van der Waals surface area contributed by atoms with Gasteiger partial charge in [0.15, 0.2) is 5.16 Å². The van der Waals surface area contributed by atoms with Gasteiger partial charge in [0.1, 0.15) is 6.04 Å². The van der Waals surface area contributed by atoms with E-state index in [4.69, 9.17) is 0 Å². The predicted molar refractivity (Wildman–Crippen MR) is 92.4 cm³/mol. The van der Waals surface area contributed by atoms with Gasteiger partial charge in [0.2, 0.25) is 5.91 Å². The Morgan fingerprint density at radius 3 is 3.00 bits per heavy atom. The molecule has 1 atom stereocenters. The number of likely N-dealkylation sites (N-methyl/N-ethyl adjacent to an activating group) is 1. The zero-order valence-corrected chi connectivity index (χ0v) is 14.6. The lowest BCUT2D eigenvalue weighted by molar-refractivity contribution is -0.126. The Morgan fingerprint density at radius 2 is 2.30 bits per heavy atom. The molecule has 0 fully saturated rings. The van der Waals surface area contributed by atoms with Crippen LogP contribution in [-0.4, -0.2) is 40.2 Å². The number of benzene rings is 1. The molecule has 1 amide bonds. The van der Waals surface area contributed by atoms with Crippen LogP contribution in [0.15, 0.2) is 35.6 Å². The zero-order valence-electron chi connectivity index (χ0n) is 13.7. The minimum absolute atomic E-state index is 0.00131. The van der Waals surface area contributed by atoms with E-state index in [0.717, 1.165) is 34.3 Å².